The number of rotatable bonds is 11. The maximum atomic E-state index is 13.1. The third kappa shape index (κ3) is 7.64. The molecule has 2 rings (SSSR count). The van der Waals surface area contributed by atoms with Crippen LogP contribution in [-0.2, 0) is 26.2 Å². The normalized spacial score (nSPS) is 12.0. The molecule has 0 unspecified atom stereocenters. The highest BCUT2D eigenvalue weighted by Crippen LogP contribution is 2.23. The summed E-state index contributed by atoms with van der Waals surface area (Å²) in [7, 11) is -0.497. The maximum absolute atomic E-state index is 13.1. The first-order chi connectivity index (χ1) is 15.6. The van der Waals surface area contributed by atoms with Crippen molar-refractivity contribution in [2.45, 2.75) is 32.4 Å². The van der Waals surface area contributed by atoms with Crippen LogP contribution in [0, 0.1) is 0 Å². The van der Waals surface area contributed by atoms with Crippen LogP contribution in [0.5, 0.6) is 5.75 Å². The van der Waals surface area contributed by atoms with E-state index in [2.05, 4.69) is 5.32 Å². The van der Waals surface area contributed by atoms with Crippen molar-refractivity contribution in [1.82, 2.24) is 10.2 Å². The largest absolute Gasteiger partial charge is 0.497 e. The molecule has 0 aliphatic carbocycles. The van der Waals surface area contributed by atoms with E-state index in [9.17, 15) is 18.0 Å². The fraction of sp³-hybridized carbons (Fsp3) is 0.391. The number of carbonyl (C=O) groups is 2. The molecule has 0 fully saturated rings. The number of sulfonamides is 1. The van der Waals surface area contributed by atoms with Crippen LogP contribution < -0.4 is 14.4 Å². The van der Waals surface area contributed by atoms with Crippen molar-refractivity contribution in [3.05, 3.63) is 59.1 Å². The fourth-order valence-electron chi connectivity index (χ4n) is 3.39. The first-order valence-electron chi connectivity index (χ1n) is 10.4. The summed E-state index contributed by atoms with van der Waals surface area (Å²) in [5.41, 5.74) is 1.25. The van der Waals surface area contributed by atoms with Gasteiger partial charge in [0.25, 0.3) is 0 Å². The third-order valence-electron chi connectivity index (χ3n) is 5.15. The van der Waals surface area contributed by atoms with E-state index in [0.717, 1.165) is 11.8 Å². The Morgan fingerprint density at radius 2 is 1.85 bits per heavy atom. The van der Waals surface area contributed by atoms with E-state index in [1.54, 1.807) is 50.4 Å². The van der Waals surface area contributed by atoms with E-state index in [-0.39, 0.29) is 37.7 Å². The molecule has 2 amide bonds. The Balaban J connectivity index is 2.16. The summed E-state index contributed by atoms with van der Waals surface area (Å²) in [4.78, 5) is 26.9. The number of methoxy groups -OCH3 is 1. The van der Waals surface area contributed by atoms with Gasteiger partial charge in [-0.15, -0.1) is 0 Å². The SMILES string of the molecule is CNC(=O)[C@@H](C)N(Cc1cccc(OC)c1)C(=O)CCCN(c1cccc(Cl)c1)S(C)(=O)=O. The number of benzene rings is 2. The molecule has 0 heterocycles. The van der Waals surface area contributed by atoms with E-state index in [1.165, 1.54) is 16.3 Å². The quantitative estimate of drug-likeness (QED) is 0.517. The predicted molar refractivity (Wildman–Crippen MR) is 130 cm³/mol. The van der Waals surface area contributed by atoms with E-state index in [0.29, 0.717) is 16.5 Å². The molecule has 180 valence electrons. The monoisotopic (exact) mass is 495 g/mol. The Hall–Kier alpha value is -2.78. The van der Waals surface area contributed by atoms with Crippen LogP contribution in [0.3, 0.4) is 0 Å². The zero-order valence-corrected chi connectivity index (χ0v) is 20.8. The average Bonchev–Trinajstić information content (AvgIpc) is 2.78. The number of halogens is 1. The minimum atomic E-state index is -3.57. The van der Waals surface area contributed by atoms with Gasteiger partial charge in [0, 0.05) is 31.6 Å². The number of hydrogen-bond acceptors (Lipinski definition) is 5. The number of nitrogens with one attached hydrogen (secondary N) is 1. The van der Waals surface area contributed by atoms with Crippen molar-refractivity contribution < 1.29 is 22.7 Å². The Kier molecular flexibility index (Phi) is 9.55. The molecule has 0 saturated heterocycles. The number of likely N-dealkylation sites (N-methyl/N-ethyl adjacent to an activating group) is 1. The molecule has 0 radical (unpaired) electrons. The van der Waals surface area contributed by atoms with Gasteiger partial charge in [-0.2, -0.15) is 0 Å². The highest BCUT2D eigenvalue weighted by Gasteiger charge is 2.26. The molecule has 1 atom stereocenters. The van der Waals surface area contributed by atoms with Crippen LogP contribution in [0.1, 0.15) is 25.3 Å². The summed E-state index contributed by atoms with van der Waals surface area (Å²) in [6.45, 7) is 1.98. The summed E-state index contributed by atoms with van der Waals surface area (Å²) in [5, 5.41) is 2.99. The van der Waals surface area contributed by atoms with Crippen molar-refractivity contribution in [1.29, 1.82) is 0 Å². The molecule has 0 bridgehead atoms. The topological polar surface area (TPSA) is 96.0 Å². The highest BCUT2D eigenvalue weighted by atomic mass is 35.5. The van der Waals surface area contributed by atoms with Crippen molar-refractivity contribution in [3.63, 3.8) is 0 Å². The number of carbonyl (C=O) groups excluding carboxylic acids is 2. The molecule has 0 aliphatic heterocycles. The number of nitrogens with zero attached hydrogens (tertiary/aromatic N) is 2. The number of anilines is 1. The molecule has 8 nitrogen and oxygen atoms in total. The van der Waals surface area contributed by atoms with Crippen LogP contribution in [0.15, 0.2) is 48.5 Å². The van der Waals surface area contributed by atoms with E-state index in [4.69, 9.17) is 16.3 Å². The second-order valence-corrected chi connectivity index (χ2v) is 9.93. The van der Waals surface area contributed by atoms with Gasteiger partial charge in [-0.3, -0.25) is 13.9 Å². The van der Waals surface area contributed by atoms with Crippen molar-refractivity contribution in [2.24, 2.45) is 0 Å². The van der Waals surface area contributed by atoms with Gasteiger partial charge in [-0.25, -0.2) is 8.42 Å². The van der Waals surface area contributed by atoms with Crippen LogP contribution in [0.25, 0.3) is 0 Å². The van der Waals surface area contributed by atoms with Crippen LogP contribution in [0.4, 0.5) is 5.69 Å². The molecule has 0 aliphatic rings. The van der Waals surface area contributed by atoms with Crippen molar-refractivity contribution >= 4 is 39.1 Å². The van der Waals surface area contributed by atoms with Gasteiger partial charge < -0.3 is 15.0 Å². The Labute approximate surface area is 200 Å². The van der Waals surface area contributed by atoms with Crippen LogP contribution >= 0.6 is 11.6 Å². The van der Waals surface area contributed by atoms with Gasteiger partial charge in [0.15, 0.2) is 0 Å². The summed E-state index contributed by atoms with van der Waals surface area (Å²) < 4.78 is 31.1. The first-order valence-corrected chi connectivity index (χ1v) is 12.7. The second kappa shape index (κ2) is 11.9. The molecule has 0 spiro atoms. The maximum Gasteiger partial charge on any atom is 0.242 e. The van der Waals surface area contributed by atoms with Gasteiger partial charge in [-0.1, -0.05) is 29.8 Å². The number of hydrogen-bond donors (Lipinski definition) is 1. The molecule has 2 aromatic carbocycles. The third-order valence-corrected chi connectivity index (χ3v) is 6.58. The van der Waals surface area contributed by atoms with Crippen LogP contribution in [0.2, 0.25) is 5.02 Å². The average molecular weight is 496 g/mol. The van der Waals surface area contributed by atoms with Gasteiger partial charge in [0.1, 0.15) is 11.8 Å². The lowest BCUT2D eigenvalue weighted by atomic mass is 10.1. The minimum absolute atomic E-state index is 0.0673. The lowest BCUT2D eigenvalue weighted by Crippen LogP contribution is -2.46. The van der Waals surface area contributed by atoms with Crippen molar-refractivity contribution in [2.75, 3.05) is 31.3 Å². The lowest BCUT2D eigenvalue weighted by Gasteiger charge is -2.29. The molecule has 33 heavy (non-hydrogen) atoms. The van der Waals surface area contributed by atoms with E-state index in [1.807, 2.05) is 12.1 Å². The molecule has 0 saturated carbocycles. The zero-order valence-electron chi connectivity index (χ0n) is 19.2. The summed E-state index contributed by atoms with van der Waals surface area (Å²) in [6.07, 6.45) is 1.45. The lowest BCUT2D eigenvalue weighted by molar-refractivity contribution is -0.140. The van der Waals surface area contributed by atoms with Crippen LogP contribution in [-0.4, -0.2) is 58.1 Å². The molecule has 1 N–H and O–H groups in total. The first kappa shape index (κ1) is 26.5. The summed E-state index contributed by atoms with van der Waals surface area (Å²) in [6, 6.07) is 13.1. The fourth-order valence-corrected chi connectivity index (χ4v) is 4.54. The molecule has 10 heteroatoms. The van der Waals surface area contributed by atoms with Crippen molar-refractivity contribution in [3.8, 4) is 5.75 Å². The second-order valence-electron chi connectivity index (χ2n) is 7.58. The van der Waals surface area contributed by atoms with Gasteiger partial charge in [0.05, 0.1) is 19.1 Å². The zero-order chi connectivity index (χ0) is 24.6. The van der Waals surface area contributed by atoms with Gasteiger partial charge >= 0.3 is 0 Å². The van der Waals surface area contributed by atoms with E-state index < -0.39 is 16.1 Å². The van der Waals surface area contributed by atoms with Gasteiger partial charge in [-0.05, 0) is 49.2 Å². The predicted octanol–water partition coefficient (Wildman–Crippen LogP) is 3.06. The van der Waals surface area contributed by atoms with E-state index >= 15 is 0 Å². The summed E-state index contributed by atoms with van der Waals surface area (Å²) in [5.74, 6) is 0.106. The molecular formula is C23H30ClN3O5S. The standard InChI is InChI=1S/C23H30ClN3O5S/c1-17(23(29)25-2)26(16-18-8-5-11-21(14-18)32-3)22(28)12-7-13-27(33(4,30)31)20-10-6-9-19(24)15-20/h5-6,8-11,14-15,17H,7,12-13,16H2,1-4H3,(H,25,29)/t17-/m1/s1. The Morgan fingerprint density at radius 3 is 2.45 bits per heavy atom. The minimum Gasteiger partial charge on any atom is -0.497 e. The Morgan fingerprint density at radius 1 is 1.15 bits per heavy atom. The Bertz CT molecular complexity index is 1080. The highest BCUT2D eigenvalue weighted by molar-refractivity contribution is 7.92. The molecule has 0 aromatic heterocycles. The number of ether oxygens (including phenoxy) is 1. The van der Waals surface area contributed by atoms with Gasteiger partial charge in [0.2, 0.25) is 21.8 Å². The summed E-state index contributed by atoms with van der Waals surface area (Å²) >= 11 is 6.01. The smallest absolute Gasteiger partial charge is 0.242 e. The molecular weight excluding hydrogens is 466 g/mol. The molecule has 2 aromatic rings. The number of amides is 2.